The fourth-order valence-corrected chi connectivity index (χ4v) is 2.03. The van der Waals surface area contributed by atoms with E-state index in [1.54, 1.807) is 0 Å². The third kappa shape index (κ3) is 3.61. The van der Waals surface area contributed by atoms with E-state index >= 15 is 0 Å². The zero-order chi connectivity index (χ0) is 17.1. The van der Waals surface area contributed by atoms with Gasteiger partial charge in [-0.3, -0.25) is 4.79 Å². The van der Waals surface area contributed by atoms with E-state index in [4.69, 9.17) is 21.7 Å². The van der Waals surface area contributed by atoms with E-state index in [1.165, 1.54) is 6.33 Å². The van der Waals surface area contributed by atoms with E-state index in [0.717, 1.165) is 0 Å². The minimum absolute atomic E-state index is 0.0465. The van der Waals surface area contributed by atoms with Gasteiger partial charge in [-0.25, -0.2) is 4.98 Å². The van der Waals surface area contributed by atoms with Gasteiger partial charge in [-0.1, -0.05) is 0 Å². The second-order valence-electron chi connectivity index (χ2n) is 4.94. The van der Waals surface area contributed by atoms with Crippen LogP contribution in [0, 0.1) is 0 Å². The average molecular weight is 318 g/mol. The number of aromatic nitrogens is 2. The summed E-state index contributed by atoms with van der Waals surface area (Å²) >= 11 is 0. The van der Waals surface area contributed by atoms with E-state index in [-0.39, 0.29) is 12.6 Å². The molecule has 1 aromatic heterocycles. The van der Waals surface area contributed by atoms with Crippen molar-refractivity contribution >= 4 is 5.97 Å². The lowest BCUT2D eigenvalue weighted by Gasteiger charge is -2.39. The molecule has 0 aromatic carbocycles. The molecule has 0 amide bonds. The van der Waals surface area contributed by atoms with Gasteiger partial charge in [0.15, 0.2) is 0 Å². The Kier molecular flexibility index (Phi) is 4.97. The zero-order valence-electron chi connectivity index (χ0n) is 12.5. The van der Waals surface area contributed by atoms with Crippen LogP contribution in [-0.4, -0.2) is 79.7 Å². The van der Waals surface area contributed by atoms with Crippen molar-refractivity contribution in [2.75, 3.05) is 6.61 Å². The van der Waals surface area contributed by atoms with Gasteiger partial charge in [0.05, 0.1) is 14.3 Å². The molecule has 0 saturated carbocycles. The zero-order valence-corrected chi connectivity index (χ0v) is 11.5. The maximum Gasteiger partial charge on any atom is 0.325 e. The number of aromatic amines is 1. The number of aliphatic hydroxyl groups excluding tert-OH is 4. The van der Waals surface area contributed by atoms with Gasteiger partial charge in [0.1, 0.15) is 30.5 Å². The molecule has 1 aliphatic rings. The summed E-state index contributed by atoms with van der Waals surface area (Å²) in [4.78, 5) is 18.2. The van der Waals surface area contributed by atoms with Gasteiger partial charge in [-0.2, -0.15) is 0 Å². The molecule has 1 fully saturated rings. The molecule has 10 nitrogen and oxygen atoms in total. The van der Waals surface area contributed by atoms with E-state index in [2.05, 4.69) is 9.97 Å². The van der Waals surface area contributed by atoms with Crippen LogP contribution in [-0.2, 0) is 20.7 Å². The fourth-order valence-electron chi connectivity index (χ4n) is 2.03. The molecule has 1 aromatic rings. The van der Waals surface area contributed by atoms with Gasteiger partial charge >= 0.3 is 5.97 Å². The first kappa shape index (κ1) is 15.3. The van der Waals surface area contributed by atoms with E-state index in [1.807, 2.05) is 0 Å². The first-order valence-corrected chi connectivity index (χ1v) is 6.60. The van der Waals surface area contributed by atoms with Crippen LogP contribution in [0.3, 0.4) is 0 Å². The number of carbonyl (C=O) groups is 1. The maximum atomic E-state index is 11.9. The molecule has 1 saturated heterocycles. The Labute approximate surface area is 126 Å². The predicted molar refractivity (Wildman–Crippen MR) is 70.1 cm³/mol. The van der Waals surface area contributed by atoms with Gasteiger partial charge in [-0.15, -0.1) is 0 Å². The SMILES string of the molecule is [2H]c1nc[nH]c1C[C@H](N)C(=O)OC1O[C@H](CO)[C@@H](O)[C@H](O)[C@H]1O. The summed E-state index contributed by atoms with van der Waals surface area (Å²) in [6.45, 7) is -0.638. The van der Waals surface area contributed by atoms with Crippen LogP contribution in [0.5, 0.6) is 0 Å². The number of hydrogen-bond acceptors (Lipinski definition) is 9. The van der Waals surface area contributed by atoms with Gasteiger partial charge in [0.25, 0.3) is 0 Å². The molecule has 6 atom stereocenters. The summed E-state index contributed by atoms with van der Waals surface area (Å²) in [5.41, 5.74) is 6.00. The molecule has 0 bridgehead atoms. The Morgan fingerprint density at radius 2 is 2.23 bits per heavy atom. The number of imidazole rings is 1. The molecule has 0 spiro atoms. The minimum atomic E-state index is -1.69. The smallest absolute Gasteiger partial charge is 0.325 e. The highest BCUT2D eigenvalue weighted by Gasteiger charge is 2.45. The van der Waals surface area contributed by atoms with Crippen LogP contribution < -0.4 is 5.73 Å². The van der Waals surface area contributed by atoms with Gasteiger partial charge in [-0.05, 0) is 0 Å². The van der Waals surface area contributed by atoms with E-state index in [9.17, 15) is 20.1 Å². The first-order chi connectivity index (χ1) is 10.8. The number of rotatable bonds is 5. The predicted octanol–water partition coefficient (Wildman–Crippen LogP) is -3.38. The molecule has 22 heavy (non-hydrogen) atoms. The molecule has 7 N–H and O–H groups in total. The lowest BCUT2D eigenvalue weighted by Crippen LogP contribution is -2.60. The summed E-state index contributed by atoms with van der Waals surface area (Å²) in [6, 6.07) is -1.16. The number of nitrogens with zero attached hydrogens (tertiary/aromatic N) is 1. The number of H-pyrrole nitrogens is 1. The van der Waals surface area contributed by atoms with Crippen molar-refractivity contribution in [2.24, 2.45) is 5.73 Å². The van der Waals surface area contributed by atoms with E-state index in [0.29, 0.717) is 5.69 Å². The normalized spacial score (nSPS) is 34.0. The molecule has 2 heterocycles. The summed E-state index contributed by atoms with van der Waals surface area (Å²) in [6.07, 6.45) is -6.47. The standard InChI is InChI=1S/C12H19N3O7/c13-6(1-5-2-14-4-15-5)11(20)22-12-10(19)9(18)8(17)7(3-16)21-12/h2,4,6-10,12,16-19H,1,3,13H2,(H,14,15)/t6-,7+,8+,9-,10+,12?/m0/s1/i2D. The van der Waals surface area contributed by atoms with Crippen LogP contribution in [0.4, 0.5) is 0 Å². The molecule has 1 aliphatic heterocycles. The summed E-state index contributed by atoms with van der Waals surface area (Å²) in [5, 5.41) is 38.1. The van der Waals surface area contributed by atoms with Crippen molar-refractivity contribution in [3.05, 3.63) is 18.2 Å². The van der Waals surface area contributed by atoms with Crippen molar-refractivity contribution in [1.82, 2.24) is 9.97 Å². The van der Waals surface area contributed by atoms with Crippen molar-refractivity contribution in [3.8, 4) is 0 Å². The Morgan fingerprint density at radius 1 is 1.50 bits per heavy atom. The van der Waals surface area contributed by atoms with Crippen LogP contribution in [0.1, 0.15) is 7.06 Å². The molecular weight excluding hydrogens is 298 g/mol. The van der Waals surface area contributed by atoms with Crippen molar-refractivity contribution in [1.29, 1.82) is 0 Å². The van der Waals surface area contributed by atoms with Crippen LogP contribution in [0.2, 0.25) is 0 Å². The minimum Gasteiger partial charge on any atom is -0.432 e. The molecular formula is C12H19N3O7. The lowest BCUT2D eigenvalue weighted by molar-refractivity contribution is -0.293. The second kappa shape index (κ2) is 7.13. The third-order valence-corrected chi connectivity index (χ3v) is 3.31. The Balaban J connectivity index is 1.97. The third-order valence-electron chi connectivity index (χ3n) is 3.31. The van der Waals surface area contributed by atoms with E-state index < -0.39 is 49.3 Å². The number of aliphatic hydroxyl groups is 4. The quantitative estimate of drug-likeness (QED) is 0.303. The van der Waals surface area contributed by atoms with Gasteiger partial charge in [0.2, 0.25) is 6.29 Å². The summed E-state index contributed by atoms with van der Waals surface area (Å²) in [7, 11) is 0. The summed E-state index contributed by atoms with van der Waals surface area (Å²) < 4.78 is 17.4. The fraction of sp³-hybridized carbons (Fsp3) is 0.667. The number of hydrogen-bond donors (Lipinski definition) is 6. The molecule has 124 valence electrons. The number of nitrogens with two attached hydrogens (primary N) is 1. The van der Waals surface area contributed by atoms with Crippen LogP contribution in [0.25, 0.3) is 0 Å². The number of nitrogens with one attached hydrogen (secondary N) is 1. The van der Waals surface area contributed by atoms with Crippen molar-refractivity contribution in [2.45, 2.75) is 43.2 Å². The number of ether oxygens (including phenoxy) is 2. The first-order valence-electron chi connectivity index (χ1n) is 7.10. The highest BCUT2D eigenvalue weighted by Crippen LogP contribution is 2.22. The van der Waals surface area contributed by atoms with Crippen molar-refractivity contribution in [3.63, 3.8) is 0 Å². The highest BCUT2D eigenvalue weighted by molar-refractivity contribution is 5.76. The highest BCUT2D eigenvalue weighted by atomic mass is 16.7. The maximum absolute atomic E-state index is 11.9. The number of esters is 1. The Hall–Kier alpha value is -1.56. The lowest BCUT2D eigenvalue weighted by atomic mass is 9.99. The topological polar surface area (TPSA) is 171 Å². The molecule has 2 rings (SSSR count). The van der Waals surface area contributed by atoms with Crippen molar-refractivity contribution < 1.29 is 36.1 Å². The monoisotopic (exact) mass is 318 g/mol. The Bertz CT molecular complexity index is 540. The van der Waals surface area contributed by atoms with Gasteiger partial charge < -0.3 is 40.6 Å². The van der Waals surface area contributed by atoms with Crippen LogP contribution >= 0.6 is 0 Å². The van der Waals surface area contributed by atoms with Gasteiger partial charge in [0, 0.05) is 18.3 Å². The second-order valence-corrected chi connectivity index (χ2v) is 4.94. The molecule has 1 unspecified atom stereocenters. The molecule has 0 aliphatic carbocycles. The number of carbonyl (C=O) groups excluding carboxylic acids is 1. The molecule has 0 radical (unpaired) electrons. The average Bonchev–Trinajstić information content (AvgIpc) is 2.92. The molecule has 10 heteroatoms. The summed E-state index contributed by atoms with van der Waals surface area (Å²) in [5.74, 6) is -0.941. The largest absolute Gasteiger partial charge is 0.432 e. The van der Waals surface area contributed by atoms with Crippen LogP contribution in [0.15, 0.2) is 12.5 Å². The Morgan fingerprint density at radius 3 is 2.82 bits per heavy atom.